The topological polar surface area (TPSA) is 35.3 Å². The first kappa shape index (κ1) is 18.0. The molecule has 0 aliphatic rings. The Balaban J connectivity index is 1.71. The van der Waals surface area contributed by atoms with E-state index in [4.69, 9.17) is 9.15 Å². The second-order valence-corrected chi connectivity index (χ2v) is 6.13. The van der Waals surface area contributed by atoms with Crippen LogP contribution in [0.1, 0.15) is 5.56 Å². The van der Waals surface area contributed by atoms with Crippen LogP contribution in [0.3, 0.4) is 0 Å². The Labute approximate surface area is 157 Å². The van der Waals surface area contributed by atoms with Crippen LogP contribution in [0.2, 0.25) is 0 Å². The van der Waals surface area contributed by atoms with Crippen LogP contribution in [0.4, 0.5) is 17.6 Å². The van der Waals surface area contributed by atoms with Gasteiger partial charge in [0.1, 0.15) is 5.52 Å². The number of ether oxygens (including phenoxy) is 1. The molecule has 0 aliphatic heterocycles. The molecule has 0 aliphatic carbocycles. The number of hydrogen-bond acceptors (Lipinski definition) is 3. The van der Waals surface area contributed by atoms with Crippen molar-refractivity contribution in [3.8, 4) is 28.3 Å². The van der Waals surface area contributed by atoms with Gasteiger partial charge in [0, 0.05) is 5.56 Å². The molecule has 0 spiro atoms. The summed E-state index contributed by atoms with van der Waals surface area (Å²) in [5.74, 6) is -0.130. The lowest BCUT2D eigenvalue weighted by Gasteiger charge is -2.07. The monoisotopic (exact) mass is 387 g/mol. The van der Waals surface area contributed by atoms with Crippen molar-refractivity contribution < 1.29 is 26.7 Å². The lowest BCUT2D eigenvalue weighted by molar-refractivity contribution is -0.137. The van der Waals surface area contributed by atoms with Crippen LogP contribution < -0.4 is 4.74 Å². The molecule has 4 aromatic rings. The summed E-state index contributed by atoms with van der Waals surface area (Å²) in [4.78, 5) is 4.38. The van der Waals surface area contributed by atoms with Crippen LogP contribution in [0.5, 0.6) is 5.75 Å². The number of hydrogen-bond donors (Lipinski definition) is 0. The molecule has 28 heavy (non-hydrogen) atoms. The van der Waals surface area contributed by atoms with Gasteiger partial charge < -0.3 is 9.15 Å². The highest BCUT2D eigenvalue weighted by Gasteiger charge is 2.30. The fourth-order valence-electron chi connectivity index (χ4n) is 2.87. The summed E-state index contributed by atoms with van der Waals surface area (Å²) < 4.78 is 62.5. The SMILES string of the molecule is COc1cc(-c2nc3ccc(-c4ccc(C(F)(F)F)cc4)cc3o2)ccc1F. The van der Waals surface area contributed by atoms with Crippen LogP contribution in [0, 0.1) is 5.82 Å². The summed E-state index contributed by atoms with van der Waals surface area (Å²) in [6.45, 7) is 0. The van der Waals surface area contributed by atoms with E-state index in [0.717, 1.165) is 12.1 Å². The molecule has 0 unspecified atom stereocenters. The average Bonchev–Trinajstić information content (AvgIpc) is 3.11. The van der Waals surface area contributed by atoms with Crippen LogP contribution >= 0.6 is 0 Å². The maximum Gasteiger partial charge on any atom is 0.416 e. The van der Waals surface area contributed by atoms with Crippen molar-refractivity contribution >= 4 is 11.1 Å². The van der Waals surface area contributed by atoms with Crippen molar-refractivity contribution in [3.63, 3.8) is 0 Å². The van der Waals surface area contributed by atoms with E-state index in [9.17, 15) is 17.6 Å². The summed E-state index contributed by atoms with van der Waals surface area (Å²) in [7, 11) is 1.37. The molecular formula is C21H13F4NO2. The van der Waals surface area contributed by atoms with Gasteiger partial charge in [0.2, 0.25) is 5.89 Å². The van der Waals surface area contributed by atoms with Gasteiger partial charge in [0.25, 0.3) is 0 Å². The van der Waals surface area contributed by atoms with Gasteiger partial charge >= 0.3 is 6.18 Å². The van der Waals surface area contributed by atoms with Crippen LogP contribution in [0.25, 0.3) is 33.7 Å². The fourth-order valence-corrected chi connectivity index (χ4v) is 2.87. The normalized spacial score (nSPS) is 11.8. The Bertz CT molecular complexity index is 1150. The standard InChI is InChI=1S/C21H13F4NO2/c1-27-18-11-14(4-8-16(18)22)20-26-17-9-5-13(10-19(17)28-20)12-2-6-15(7-3-12)21(23,24)25/h2-11H,1H3. The van der Waals surface area contributed by atoms with Crippen LogP contribution in [0.15, 0.2) is 65.1 Å². The van der Waals surface area contributed by atoms with Crippen molar-refractivity contribution in [2.24, 2.45) is 0 Å². The maximum absolute atomic E-state index is 13.6. The van der Waals surface area contributed by atoms with Crippen molar-refractivity contribution in [2.45, 2.75) is 6.18 Å². The number of aromatic nitrogens is 1. The van der Waals surface area contributed by atoms with Crippen LogP contribution in [-0.2, 0) is 6.18 Å². The molecule has 0 radical (unpaired) electrons. The molecule has 1 heterocycles. The quantitative estimate of drug-likeness (QED) is 0.386. The molecule has 0 fully saturated rings. The molecule has 0 amide bonds. The highest BCUT2D eigenvalue weighted by atomic mass is 19.4. The van der Waals surface area contributed by atoms with Gasteiger partial charge in [0.05, 0.1) is 12.7 Å². The molecule has 0 atom stereocenters. The summed E-state index contributed by atoms with van der Waals surface area (Å²) in [5.41, 5.74) is 2.21. The van der Waals surface area contributed by atoms with E-state index in [2.05, 4.69) is 4.98 Å². The lowest BCUT2D eigenvalue weighted by Crippen LogP contribution is -2.03. The highest BCUT2D eigenvalue weighted by Crippen LogP contribution is 2.33. The molecule has 1 aromatic heterocycles. The zero-order valence-electron chi connectivity index (χ0n) is 14.5. The number of alkyl halides is 3. The Morgan fingerprint density at radius 2 is 1.54 bits per heavy atom. The number of halogens is 4. The Morgan fingerprint density at radius 1 is 0.857 bits per heavy atom. The van der Waals surface area contributed by atoms with Gasteiger partial charge in [-0.2, -0.15) is 13.2 Å². The first-order chi connectivity index (χ1) is 13.3. The molecular weight excluding hydrogens is 374 g/mol. The van der Waals surface area contributed by atoms with E-state index in [1.54, 1.807) is 18.2 Å². The molecule has 0 saturated heterocycles. The van der Waals surface area contributed by atoms with Gasteiger partial charge in [-0.25, -0.2) is 9.37 Å². The zero-order valence-corrected chi connectivity index (χ0v) is 14.5. The summed E-state index contributed by atoms with van der Waals surface area (Å²) in [5, 5.41) is 0. The van der Waals surface area contributed by atoms with Crippen LogP contribution in [-0.4, -0.2) is 12.1 Å². The van der Waals surface area contributed by atoms with Crippen molar-refractivity contribution in [1.82, 2.24) is 4.98 Å². The van der Waals surface area contributed by atoms with Crippen molar-refractivity contribution in [1.29, 1.82) is 0 Å². The zero-order chi connectivity index (χ0) is 19.9. The van der Waals surface area contributed by atoms with Gasteiger partial charge in [0.15, 0.2) is 17.1 Å². The smallest absolute Gasteiger partial charge is 0.416 e. The molecule has 3 nitrogen and oxygen atoms in total. The Morgan fingerprint density at radius 3 is 2.21 bits per heavy atom. The number of fused-ring (bicyclic) bond motifs is 1. The third-order valence-corrected chi connectivity index (χ3v) is 4.33. The number of oxazole rings is 1. The van der Waals surface area contributed by atoms with E-state index in [1.807, 2.05) is 0 Å². The van der Waals surface area contributed by atoms with E-state index >= 15 is 0 Å². The minimum absolute atomic E-state index is 0.0743. The van der Waals surface area contributed by atoms with E-state index in [0.29, 0.717) is 27.8 Å². The number of rotatable bonds is 3. The minimum atomic E-state index is -4.38. The largest absolute Gasteiger partial charge is 0.494 e. The molecule has 142 valence electrons. The van der Waals surface area contributed by atoms with Gasteiger partial charge in [-0.3, -0.25) is 0 Å². The van der Waals surface area contributed by atoms with E-state index < -0.39 is 17.6 Å². The van der Waals surface area contributed by atoms with Gasteiger partial charge in [-0.05, 0) is 53.6 Å². The summed E-state index contributed by atoms with van der Waals surface area (Å²) in [6, 6.07) is 14.3. The van der Waals surface area contributed by atoms with Gasteiger partial charge in [-0.1, -0.05) is 18.2 Å². The number of benzene rings is 3. The molecule has 0 N–H and O–H groups in total. The molecule has 0 bridgehead atoms. The molecule has 7 heteroatoms. The third kappa shape index (κ3) is 3.31. The third-order valence-electron chi connectivity index (χ3n) is 4.33. The maximum atomic E-state index is 13.6. The molecule has 4 rings (SSSR count). The first-order valence-corrected chi connectivity index (χ1v) is 8.27. The number of nitrogens with zero attached hydrogens (tertiary/aromatic N) is 1. The first-order valence-electron chi connectivity index (χ1n) is 8.27. The Hall–Kier alpha value is -3.35. The lowest BCUT2D eigenvalue weighted by atomic mass is 10.0. The average molecular weight is 387 g/mol. The second kappa shape index (κ2) is 6.67. The number of methoxy groups -OCH3 is 1. The Kier molecular flexibility index (Phi) is 4.30. The minimum Gasteiger partial charge on any atom is -0.494 e. The predicted octanol–water partition coefficient (Wildman–Crippen LogP) is 6.33. The van der Waals surface area contributed by atoms with Crippen molar-refractivity contribution in [2.75, 3.05) is 7.11 Å². The van der Waals surface area contributed by atoms with Crippen molar-refractivity contribution in [3.05, 3.63) is 72.0 Å². The molecule has 3 aromatic carbocycles. The highest BCUT2D eigenvalue weighted by molar-refractivity contribution is 5.82. The van der Waals surface area contributed by atoms with E-state index in [-0.39, 0.29) is 11.6 Å². The predicted molar refractivity (Wildman–Crippen MR) is 96.4 cm³/mol. The second-order valence-electron chi connectivity index (χ2n) is 6.13. The fraction of sp³-hybridized carbons (Fsp3) is 0.0952. The van der Waals surface area contributed by atoms with Gasteiger partial charge in [-0.15, -0.1) is 0 Å². The summed E-state index contributed by atoms with van der Waals surface area (Å²) in [6.07, 6.45) is -4.38. The summed E-state index contributed by atoms with van der Waals surface area (Å²) >= 11 is 0. The molecule has 0 saturated carbocycles. The van der Waals surface area contributed by atoms with E-state index in [1.165, 1.54) is 37.4 Å².